The highest BCUT2D eigenvalue weighted by Gasteiger charge is 2.26. The molecule has 2 heteroatoms. The van der Waals surface area contributed by atoms with Gasteiger partial charge in [0, 0.05) is 5.92 Å². The van der Waals surface area contributed by atoms with Gasteiger partial charge in [-0.1, -0.05) is 33.1 Å². The van der Waals surface area contributed by atoms with Gasteiger partial charge in [0.1, 0.15) is 11.5 Å². The fourth-order valence-electron chi connectivity index (χ4n) is 2.46. The van der Waals surface area contributed by atoms with Crippen LogP contribution in [0.1, 0.15) is 46.0 Å². The molecular formula is C15H26O2. The minimum absolute atomic E-state index is 0.332. The van der Waals surface area contributed by atoms with Crippen LogP contribution in [0.25, 0.3) is 0 Å². The van der Waals surface area contributed by atoms with E-state index in [0.717, 1.165) is 17.9 Å². The van der Waals surface area contributed by atoms with Crippen molar-refractivity contribution >= 4 is 0 Å². The van der Waals surface area contributed by atoms with E-state index >= 15 is 0 Å². The molecule has 0 N–H and O–H groups in total. The predicted octanol–water partition coefficient (Wildman–Crippen LogP) is 4.28. The minimum atomic E-state index is 0.332. The second-order valence-corrected chi connectivity index (χ2v) is 4.69. The molecule has 0 radical (unpaired) electrons. The number of rotatable bonds is 7. The highest BCUT2D eigenvalue weighted by Crippen LogP contribution is 2.34. The summed E-state index contributed by atoms with van der Waals surface area (Å²) in [5.74, 6) is 2.99. The zero-order valence-corrected chi connectivity index (χ0v) is 11.7. The summed E-state index contributed by atoms with van der Waals surface area (Å²) < 4.78 is 11.1. The molecule has 1 rings (SSSR count). The Morgan fingerprint density at radius 3 is 1.94 bits per heavy atom. The molecule has 0 saturated heterocycles. The van der Waals surface area contributed by atoms with Crippen LogP contribution in [0.2, 0.25) is 0 Å². The molecule has 0 fully saturated rings. The number of hydrogen-bond donors (Lipinski definition) is 0. The van der Waals surface area contributed by atoms with Gasteiger partial charge in [-0.2, -0.15) is 0 Å². The normalized spacial score (nSPS) is 24.0. The average Bonchev–Trinajstić information content (AvgIpc) is 2.36. The van der Waals surface area contributed by atoms with Crippen molar-refractivity contribution in [3.63, 3.8) is 0 Å². The van der Waals surface area contributed by atoms with E-state index in [-0.39, 0.29) is 0 Å². The van der Waals surface area contributed by atoms with Gasteiger partial charge in [-0.25, -0.2) is 0 Å². The maximum Gasteiger partial charge on any atom is 0.103 e. The maximum atomic E-state index is 5.55. The average molecular weight is 238 g/mol. The highest BCUT2D eigenvalue weighted by atomic mass is 16.5. The Morgan fingerprint density at radius 2 is 1.53 bits per heavy atom. The third-order valence-electron chi connectivity index (χ3n) is 3.38. The van der Waals surface area contributed by atoms with E-state index in [9.17, 15) is 0 Å². The van der Waals surface area contributed by atoms with E-state index in [1.165, 1.54) is 25.7 Å². The lowest BCUT2D eigenvalue weighted by atomic mass is 9.87. The first-order valence-corrected chi connectivity index (χ1v) is 6.78. The van der Waals surface area contributed by atoms with Gasteiger partial charge in [0.05, 0.1) is 20.1 Å². The molecule has 0 heterocycles. The van der Waals surface area contributed by atoms with Gasteiger partial charge in [0.15, 0.2) is 0 Å². The predicted molar refractivity (Wildman–Crippen MR) is 71.6 cm³/mol. The van der Waals surface area contributed by atoms with E-state index in [4.69, 9.17) is 9.47 Å². The molecule has 0 amide bonds. The van der Waals surface area contributed by atoms with Crippen molar-refractivity contribution in [3.8, 4) is 0 Å². The third-order valence-corrected chi connectivity index (χ3v) is 3.38. The van der Waals surface area contributed by atoms with Crippen LogP contribution < -0.4 is 0 Å². The number of methoxy groups -OCH3 is 2. The third kappa shape index (κ3) is 3.79. The fraction of sp³-hybridized carbons (Fsp3) is 0.733. The van der Waals surface area contributed by atoms with Gasteiger partial charge in [-0.15, -0.1) is 0 Å². The Labute approximate surface area is 106 Å². The van der Waals surface area contributed by atoms with Gasteiger partial charge in [-0.3, -0.25) is 0 Å². The van der Waals surface area contributed by atoms with Crippen LogP contribution >= 0.6 is 0 Å². The molecular weight excluding hydrogens is 212 g/mol. The Kier molecular flexibility index (Phi) is 6.17. The van der Waals surface area contributed by atoms with Crippen LogP contribution in [-0.2, 0) is 9.47 Å². The molecule has 17 heavy (non-hydrogen) atoms. The molecule has 98 valence electrons. The van der Waals surface area contributed by atoms with E-state index < -0.39 is 0 Å². The molecule has 0 aromatic heterocycles. The number of hydrogen-bond acceptors (Lipinski definition) is 2. The standard InChI is InChI=1S/C15H26O2/c1-5-7-9-13-14(16-3)10-12(8-6-2)11-15(13)17-4/h10-13H,5-9H2,1-4H3. The van der Waals surface area contributed by atoms with Crippen molar-refractivity contribution < 1.29 is 9.47 Å². The molecule has 0 aromatic rings. The van der Waals surface area contributed by atoms with Crippen LogP contribution in [0.4, 0.5) is 0 Å². The Morgan fingerprint density at radius 1 is 0.941 bits per heavy atom. The van der Waals surface area contributed by atoms with E-state index in [0.29, 0.717) is 11.8 Å². The monoisotopic (exact) mass is 238 g/mol. The highest BCUT2D eigenvalue weighted by molar-refractivity contribution is 5.23. The lowest BCUT2D eigenvalue weighted by Crippen LogP contribution is -2.17. The van der Waals surface area contributed by atoms with Gasteiger partial charge in [0.25, 0.3) is 0 Å². The van der Waals surface area contributed by atoms with Crippen LogP contribution in [0.5, 0.6) is 0 Å². The zero-order valence-electron chi connectivity index (χ0n) is 11.7. The summed E-state index contributed by atoms with van der Waals surface area (Å²) in [7, 11) is 3.54. The summed E-state index contributed by atoms with van der Waals surface area (Å²) in [6.45, 7) is 4.43. The smallest absolute Gasteiger partial charge is 0.103 e. The minimum Gasteiger partial charge on any atom is -0.501 e. The lowest BCUT2D eigenvalue weighted by molar-refractivity contribution is 0.178. The van der Waals surface area contributed by atoms with Gasteiger partial charge >= 0.3 is 0 Å². The Hall–Kier alpha value is -0.920. The maximum absolute atomic E-state index is 5.55. The van der Waals surface area contributed by atoms with Gasteiger partial charge in [-0.05, 0) is 25.0 Å². The summed E-state index contributed by atoms with van der Waals surface area (Å²) in [4.78, 5) is 0. The second-order valence-electron chi connectivity index (χ2n) is 4.69. The molecule has 0 bridgehead atoms. The van der Waals surface area contributed by atoms with Gasteiger partial charge in [0.2, 0.25) is 0 Å². The second kappa shape index (κ2) is 7.41. The molecule has 0 aliphatic heterocycles. The molecule has 0 unspecified atom stereocenters. The SMILES string of the molecule is CCCCC1C(OC)=CC(CCC)C=C1OC. The summed E-state index contributed by atoms with van der Waals surface area (Å²) in [5.41, 5.74) is 0. The van der Waals surface area contributed by atoms with E-state index in [1.54, 1.807) is 14.2 Å². The van der Waals surface area contributed by atoms with Crippen molar-refractivity contribution in [1.29, 1.82) is 0 Å². The van der Waals surface area contributed by atoms with Crippen LogP contribution in [-0.4, -0.2) is 14.2 Å². The molecule has 2 nitrogen and oxygen atoms in total. The Bertz CT molecular complexity index is 257. The molecule has 0 atom stereocenters. The molecule has 0 aromatic carbocycles. The van der Waals surface area contributed by atoms with Crippen molar-refractivity contribution in [2.45, 2.75) is 46.0 Å². The van der Waals surface area contributed by atoms with Crippen molar-refractivity contribution in [1.82, 2.24) is 0 Å². The fourth-order valence-corrected chi connectivity index (χ4v) is 2.46. The first-order chi connectivity index (χ1) is 8.26. The summed E-state index contributed by atoms with van der Waals surface area (Å²) in [5, 5.41) is 0. The van der Waals surface area contributed by atoms with Crippen molar-refractivity contribution in [2.75, 3.05) is 14.2 Å². The first kappa shape index (κ1) is 14.1. The summed E-state index contributed by atoms with van der Waals surface area (Å²) in [6, 6.07) is 0. The van der Waals surface area contributed by atoms with Crippen molar-refractivity contribution in [2.24, 2.45) is 11.8 Å². The number of ether oxygens (including phenoxy) is 2. The number of unbranched alkanes of at least 4 members (excludes halogenated alkanes) is 1. The van der Waals surface area contributed by atoms with Crippen LogP contribution in [0, 0.1) is 11.8 Å². The molecule has 1 aliphatic carbocycles. The zero-order chi connectivity index (χ0) is 12.7. The molecule has 0 saturated carbocycles. The van der Waals surface area contributed by atoms with Gasteiger partial charge < -0.3 is 9.47 Å². The van der Waals surface area contributed by atoms with Crippen LogP contribution in [0.15, 0.2) is 23.7 Å². The first-order valence-electron chi connectivity index (χ1n) is 6.78. The lowest BCUT2D eigenvalue weighted by Gasteiger charge is -2.27. The Balaban J connectivity index is 2.80. The summed E-state index contributed by atoms with van der Waals surface area (Å²) in [6.07, 6.45) is 10.4. The van der Waals surface area contributed by atoms with E-state index in [1.807, 2.05) is 0 Å². The largest absolute Gasteiger partial charge is 0.501 e. The van der Waals surface area contributed by atoms with Crippen molar-refractivity contribution in [3.05, 3.63) is 23.7 Å². The summed E-state index contributed by atoms with van der Waals surface area (Å²) >= 11 is 0. The molecule has 1 aliphatic rings. The van der Waals surface area contributed by atoms with Crippen LogP contribution in [0.3, 0.4) is 0 Å². The topological polar surface area (TPSA) is 18.5 Å². The van der Waals surface area contributed by atoms with E-state index in [2.05, 4.69) is 26.0 Å². The molecule has 0 spiro atoms. The number of allylic oxidation sites excluding steroid dienone is 2. The quantitative estimate of drug-likeness (QED) is 0.659.